The molecule has 4 nitrogen and oxygen atoms in total. The number of hydrogen-bond donors (Lipinski definition) is 2. The van der Waals surface area contributed by atoms with E-state index in [-0.39, 0.29) is 0 Å². The number of nitrogens with one attached hydrogen (secondary N) is 1. The minimum absolute atomic E-state index is 0.454. The van der Waals surface area contributed by atoms with E-state index >= 15 is 0 Å². The smallest absolute Gasteiger partial charge is 0.137 e. The second kappa shape index (κ2) is 4.37. The van der Waals surface area contributed by atoms with E-state index in [9.17, 15) is 4.79 Å². The molecule has 16 heavy (non-hydrogen) atoms. The van der Waals surface area contributed by atoms with Crippen LogP contribution in [0.1, 0.15) is 5.56 Å². The largest absolute Gasteiger partial charge is 0.497 e. The molecule has 0 saturated carbocycles. The molecule has 0 saturated heterocycles. The van der Waals surface area contributed by atoms with Crippen LogP contribution in [0.4, 0.5) is 0 Å². The van der Waals surface area contributed by atoms with Crippen LogP contribution in [0, 0.1) is 0 Å². The van der Waals surface area contributed by atoms with Crippen molar-refractivity contribution in [3.8, 4) is 5.75 Å². The molecular formula is C12H14N2O2. The van der Waals surface area contributed by atoms with Gasteiger partial charge in [-0.15, -0.1) is 0 Å². The molecule has 0 aliphatic heterocycles. The minimum atomic E-state index is -0.454. The molecule has 0 spiro atoms. The Morgan fingerprint density at radius 1 is 1.56 bits per heavy atom. The number of rotatable bonds is 4. The van der Waals surface area contributed by atoms with Crippen LogP contribution in [0.3, 0.4) is 0 Å². The van der Waals surface area contributed by atoms with Crippen molar-refractivity contribution < 1.29 is 9.53 Å². The summed E-state index contributed by atoms with van der Waals surface area (Å²) < 4.78 is 5.16. The van der Waals surface area contributed by atoms with Gasteiger partial charge in [-0.05, 0) is 30.2 Å². The Labute approximate surface area is 93.4 Å². The third-order valence-corrected chi connectivity index (χ3v) is 2.60. The Hall–Kier alpha value is -1.81. The molecule has 1 heterocycles. The van der Waals surface area contributed by atoms with Crippen molar-refractivity contribution in [2.75, 3.05) is 7.11 Å². The molecule has 1 aromatic carbocycles. The Morgan fingerprint density at radius 2 is 2.38 bits per heavy atom. The molecule has 1 atom stereocenters. The summed E-state index contributed by atoms with van der Waals surface area (Å²) >= 11 is 0. The molecule has 1 aromatic heterocycles. The molecule has 0 fully saturated rings. The average Bonchev–Trinajstić information content (AvgIpc) is 2.71. The van der Waals surface area contributed by atoms with Crippen molar-refractivity contribution in [2.45, 2.75) is 12.5 Å². The van der Waals surface area contributed by atoms with E-state index in [0.29, 0.717) is 6.42 Å². The molecule has 2 rings (SSSR count). The van der Waals surface area contributed by atoms with E-state index in [0.717, 1.165) is 28.5 Å². The molecule has 0 bridgehead atoms. The van der Waals surface area contributed by atoms with E-state index in [1.165, 1.54) is 0 Å². The molecule has 84 valence electrons. The van der Waals surface area contributed by atoms with Gasteiger partial charge in [-0.1, -0.05) is 0 Å². The van der Waals surface area contributed by atoms with Crippen LogP contribution in [0.5, 0.6) is 5.75 Å². The van der Waals surface area contributed by atoms with Crippen molar-refractivity contribution in [1.29, 1.82) is 0 Å². The zero-order valence-corrected chi connectivity index (χ0v) is 9.07. The van der Waals surface area contributed by atoms with Gasteiger partial charge in [-0.25, -0.2) is 0 Å². The van der Waals surface area contributed by atoms with Crippen molar-refractivity contribution in [3.05, 3.63) is 30.0 Å². The summed E-state index contributed by atoms with van der Waals surface area (Å²) in [6, 6.07) is 5.33. The van der Waals surface area contributed by atoms with Gasteiger partial charge in [-0.3, -0.25) is 0 Å². The van der Waals surface area contributed by atoms with Crippen molar-refractivity contribution in [3.63, 3.8) is 0 Å². The first kappa shape index (κ1) is 10.7. The lowest BCUT2D eigenvalue weighted by molar-refractivity contribution is -0.108. The summed E-state index contributed by atoms with van der Waals surface area (Å²) in [6.45, 7) is 0. The monoisotopic (exact) mass is 218 g/mol. The number of nitrogens with two attached hydrogens (primary N) is 1. The number of carbonyl (C=O) groups excluding carboxylic acids is 1. The first-order valence-corrected chi connectivity index (χ1v) is 5.09. The maximum absolute atomic E-state index is 10.5. The number of carbonyl (C=O) groups is 1. The number of aldehydes is 1. The molecule has 3 N–H and O–H groups in total. The zero-order valence-electron chi connectivity index (χ0n) is 9.07. The molecule has 2 aromatic rings. The Morgan fingerprint density at radius 3 is 3.06 bits per heavy atom. The van der Waals surface area contributed by atoms with E-state index in [1.54, 1.807) is 7.11 Å². The van der Waals surface area contributed by atoms with E-state index in [1.807, 2.05) is 24.4 Å². The Bertz CT molecular complexity index is 505. The number of aromatic nitrogens is 1. The minimum Gasteiger partial charge on any atom is -0.497 e. The van der Waals surface area contributed by atoms with Gasteiger partial charge in [0.25, 0.3) is 0 Å². The predicted molar refractivity (Wildman–Crippen MR) is 62.6 cm³/mol. The number of benzene rings is 1. The summed E-state index contributed by atoms with van der Waals surface area (Å²) in [4.78, 5) is 13.7. The fourth-order valence-electron chi connectivity index (χ4n) is 1.76. The van der Waals surface area contributed by atoms with Crippen molar-refractivity contribution in [2.24, 2.45) is 5.73 Å². The van der Waals surface area contributed by atoms with Gasteiger partial charge in [0.05, 0.1) is 13.2 Å². The van der Waals surface area contributed by atoms with Gasteiger partial charge in [0, 0.05) is 17.1 Å². The van der Waals surface area contributed by atoms with E-state index in [2.05, 4.69) is 4.98 Å². The Kier molecular flexibility index (Phi) is 2.92. The average molecular weight is 218 g/mol. The van der Waals surface area contributed by atoms with Gasteiger partial charge in [0.15, 0.2) is 0 Å². The van der Waals surface area contributed by atoms with Crippen LogP contribution in [0.25, 0.3) is 10.9 Å². The first-order chi connectivity index (χ1) is 7.74. The van der Waals surface area contributed by atoms with Crippen LogP contribution in [-0.2, 0) is 11.2 Å². The summed E-state index contributed by atoms with van der Waals surface area (Å²) in [7, 11) is 1.63. The van der Waals surface area contributed by atoms with Gasteiger partial charge < -0.3 is 20.2 Å². The number of fused-ring (bicyclic) bond motifs is 1. The van der Waals surface area contributed by atoms with E-state index < -0.39 is 6.04 Å². The second-order valence-electron chi connectivity index (χ2n) is 3.73. The molecule has 0 aliphatic carbocycles. The highest BCUT2D eigenvalue weighted by Gasteiger charge is 2.08. The lowest BCUT2D eigenvalue weighted by Crippen LogP contribution is -2.23. The van der Waals surface area contributed by atoms with Gasteiger partial charge in [0.2, 0.25) is 0 Å². The zero-order chi connectivity index (χ0) is 11.5. The quantitative estimate of drug-likeness (QED) is 0.759. The summed E-state index contributed by atoms with van der Waals surface area (Å²) in [6.07, 6.45) is 3.18. The number of aromatic amines is 1. The van der Waals surface area contributed by atoms with Crippen molar-refractivity contribution >= 4 is 17.2 Å². The molecule has 0 aliphatic rings. The van der Waals surface area contributed by atoms with Crippen LogP contribution >= 0.6 is 0 Å². The van der Waals surface area contributed by atoms with Crippen LogP contribution < -0.4 is 10.5 Å². The highest BCUT2D eigenvalue weighted by Crippen LogP contribution is 2.24. The highest BCUT2D eigenvalue weighted by molar-refractivity contribution is 5.85. The molecule has 0 amide bonds. The maximum atomic E-state index is 10.5. The third-order valence-electron chi connectivity index (χ3n) is 2.60. The number of hydrogen-bond acceptors (Lipinski definition) is 3. The molecule has 1 unspecified atom stereocenters. The van der Waals surface area contributed by atoms with Crippen molar-refractivity contribution in [1.82, 2.24) is 4.98 Å². The molecule has 4 heteroatoms. The topological polar surface area (TPSA) is 68.1 Å². The fourth-order valence-corrected chi connectivity index (χ4v) is 1.76. The van der Waals surface area contributed by atoms with E-state index in [4.69, 9.17) is 10.5 Å². The SMILES string of the molecule is COc1ccc2[nH]cc(CC(N)C=O)c2c1. The lowest BCUT2D eigenvalue weighted by atomic mass is 10.1. The summed E-state index contributed by atoms with van der Waals surface area (Å²) in [5.41, 5.74) is 7.67. The van der Waals surface area contributed by atoms with Gasteiger partial charge in [-0.2, -0.15) is 0 Å². The van der Waals surface area contributed by atoms with Crippen LogP contribution in [0.15, 0.2) is 24.4 Å². The number of methoxy groups -OCH3 is 1. The number of ether oxygens (including phenoxy) is 1. The maximum Gasteiger partial charge on any atom is 0.137 e. The third kappa shape index (κ3) is 1.92. The van der Waals surface area contributed by atoms with Crippen LogP contribution in [0.2, 0.25) is 0 Å². The Balaban J connectivity index is 2.41. The van der Waals surface area contributed by atoms with Gasteiger partial charge >= 0.3 is 0 Å². The first-order valence-electron chi connectivity index (χ1n) is 5.09. The summed E-state index contributed by atoms with van der Waals surface area (Å²) in [5.74, 6) is 0.799. The van der Waals surface area contributed by atoms with Crippen LogP contribution in [-0.4, -0.2) is 24.4 Å². The lowest BCUT2D eigenvalue weighted by Gasteiger charge is -2.03. The molecular weight excluding hydrogens is 204 g/mol. The van der Waals surface area contributed by atoms with Gasteiger partial charge in [0.1, 0.15) is 12.0 Å². The highest BCUT2D eigenvalue weighted by atomic mass is 16.5. The fraction of sp³-hybridized carbons (Fsp3) is 0.250. The predicted octanol–water partition coefficient (Wildman–Crippen LogP) is 1.25. The normalized spacial score (nSPS) is 12.6. The summed E-state index contributed by atoms with van der Waals surface area (Å²) in [5, 5.41) is 1.05. The second-order valence-corrected chi connectivity index (χ2v) is 3.73. The number of H-pyrrole nitrogens is 1. The standard InChI is InChI=1S/C12H14N2O2/c1-16-10-2-3-12-11(5-10)8(6-14-12)4-9(13)7-15/h2-3,5-7,9,14H,4,13H2,1H3. The molecule has 0 radical (unpaired) electrons.